The van der Waals surface area contributed by atoms with Crippen LogP contribution >= 0.6 is 0 Å². The lowest BCUT2D eigenvalue weighted by Crippen LogP contribution is -2.03. The van der Waals surface area contributed by atoms with Crippen molar-refractivity contribution in [3.05, 3.63) is 90.5 Å². The van der Waals surface area contributed by atoms with E-state index in [1.807, 2.05) is 28.9 Å². The molecule has 0 aliphatic carbocycles. The maximum absolute atomic E-state index is 4.43. The topological polar surface area (TPSA) is 33.7 Å². The number of hydrogen-bond donors (Lipinski definition) is 0. The summed E-state index contributed by atoms with van der Waals surface area (Å²) >= 11 is 0. The Balaban J connectivity index is 1.63. The smallest absolute Gasteiger partial charge is 0.151 e. The minimum absolute atomic E-state index is 0.155. The maximum atomic E-state index is 4.43. The molecule has 1 aromatic heterocycles. The van der Waals surface area contributed by atoms with E-state index in [2.05, 4.69) is 75.9 Å². The summed E-state index contributed by atoms with van der Waals surface area (Å²) in [5.74, 6) is 0. The van der Waals surface area contributed by atoms with Gasteiger partial charge in [0.25, 0.3) is 0 Å². The molecule has 5 rings (SSSR count). The van der Waals surface area contributed by atoms with E-state index < -0.39 is 0 Å². The van der Waals surface area contributed by atoms with Crippen molar-refractivity contribution in [1.29, 1.82) is 0 Å². The number of rotatable bonds is 3. The number of anilines is 1. The van der Waals surface area contributed by atoms with Gasteiger partial charge in [0.15, 0.2) is 6.17 Å². The summed E-state index contributed by atoms with van der Waals surface area (Å²) in [5.41, 5.74) is 4.51. The van der Waals surface area contributed by atoms with Gasteiger partial charge in [0.05, 0.1) is 11.6 Å². The summed E-state index contributed by atoms with van der Waals surface area (Å²) in [6, 6.07) is 29.5. The molecule has 116 valence electrons. The molecule has 24 heavy (non-hydrogen) atoms. The summed E-state index contributed by atoms with van der Waals surface area (Å²) in [6.07, 6.45) is 0.155. The number of aromatic nitrogens is 3. The average Bonchev–Trinajstić information content (AvgIpc) is 3.26. The zero-order chi connectivity index (χ0) is 15.9. The molecule has 1 fully saturated rings. The Kier molecular flexibility index (Phi) is 2.88. The minimum atomic E-state index is 0.155. The second kappa shape index (κ2) is 5.20. The highest BCUT2D eigenvalue weighted by molar-refractivity contribution is 5.75. The molecule has 2 heterocycles. The third-order valence-corrected chi connectivity index (χ3v) is 4.60. The van der Waals surface area contributed by atoms with Crippen molar-refractivity contribution < 1.29 is 0 Å². The molecular weight excluding hydrogens is 296 g/mol. The van der Waals surface area contributed by atoms with Crippen LogP contribution in [0.15, 0.2) is 84.9 Å². The van der Waals surface area contributed by atoms with Crippen LogP contribution in [0.2, 0.25) is 0 Å². The summed E-state index contributed by atoms with van der Waals surface area (Å²) in [5, 5.41) is 8.76. The highest BCUT2D eigenvalue weighted by Crippen LogP contribution is 2.54. The molecule has 4 aromatic rings. The van der Waals surface area contributed by atoms with Crippen LogP contribution in [0.4, 0.5) is 5.69 Å². The van der Waals surface area contributed by atoms with Gasteiger partial charge in [0.2, 0.25) is 0 Å². The summed E-state index contributed by atoms with van der Waals surface area (Å²) in [6.45, 7) is 0. The second-order valence-electron chi connectivity index (χ2n) is 6.03. The van der Waals surface area contributed by atoms with E-state index in [1.165, 1.54) is 11.3 Å². The zero-order valence-electron chi connectivity index (χ0n) is 13.0. The highest BCUT2D eigenvalue weighted by Gasteiger charge is 2.51. The zero-order valence-corrected chi connectivity index (χ0v) is 13.0. The number of hydrogen-bond acceptors (Lipinski definition) is 3. The van der Waals surface area contributed by atoms with Gasteiger partial charge in [-0.1, -0.05) is 65.9 Å². The van der Waals surface area contributed by atoms with E-state index in [1.54, 1.807) is 0 Å². The molecule has 4 nitrogen and oxygen atoms in total. The Morgan fingerprint density at radius 2 is 1.38 bits per heavy atom. The number of para-hydroxylation sites is 2. The van der Waals surface area contributed by atoms with Crippen molar-refractivity contribution in [2.45, 2.75) is 12.2 Å². The molecule has 0 N–H and O–H groups in total. The minimum Gasteiger partial charge on any atom is -0.336 e. The van der Waals surface area contributed by atoms with E-state index in [0.717, 1.165) is 11.0 Å². The second-order valence-corrected chi connectivity index (χ2v) is 6.03. The van der Waals surface area contributed by atoms with E-state index in [4.69, 9.17) is 0 Å². The summed E-state index contributed by atoms with van der Waals surface area (Å²) < 4.78 is 2.04. The van der Waals surface area contributed by atoms with Crippen molar-refractivity contribution in [3.8, 4) is 0 Å². The molecule has 1 aliphatic heterocycles. The van der Waals surface area contributed by atoms with Crippen molar-refractivity contribution in [2.24, 2.45) is 0 Å². The largest absolute Gasteiger partial charge is 0.336 e. The molecule has 0 radical (unpaired) electrons. The standard InChI is InChI=1S/C20H16N4/c1-3-9-15(10-4-1)19-20(23(19)16-11-5-2-6-12-16)24-18-14-8-7-13-17(18)21-22-24/h1-14,19-20H/t19-,20-,23?/m0/s1. The number of benzene rings is 3. The van der Waals surface area contributed by atoms with Gasteiger partial charge in [0.1, 0.15) is 5.52 Å². The summed E-state index contributed by atoms with van der Waals surface area (Å²) in [7, 11) is 0. The molecule has 3 aromatic carbocycles. The number of nitrogens with zero attached hydrogens (tertiary/aromatic N) is 4. The normalized spacial score (nSPS) is 19.6. The predicted octanol–water partition coefficient (Wildman–Crippen LogP) is 4.19. The lowest BCUT2D eigenvalue weighted by atomic mass is 10.1. The Morgan fingerprint density at radius 3 is 2.17 bits per heavy atom. The van der Waals surface area contributed by atoms with E-state index in [-0.39, 0.29) is 12.2 Å². The average molecular weight is 312 g/mol. The molecule has 0 bridgehead atoms. The van der Waals surface area contributed by atoms with Crippen LogP contribution in [0, 0.1) is 0 Å². The first kappa shape index (κ1) is 13.3. The van der Waals surface area contributed by atoms with Gasteiger partial charge in [-0.2, -0.15) is 0 Å². The summed E-state index contributed by atoms with van der Waals surface area (Å²) in [4.78, 5) is 2.39. The molecule has 4 heteroatoms. The fourth-order valence-electron chi connectivity index (χ4n) is 3.45. The van der Waals surface area contributed by atoms with E-state index in [0.29, 0.717) is 0 Å². The molecule has 0 unspecified atom stereocenters. The molecule has 0 spiro atoms. The number of fused-ring (bicyclic) bond motifs is 1. The monoisotopic (exact) mass is 312 g/mol. The van der Waals surface area contributed by atoms with Gasteiger partial charge in [-0.15, -0.1) is 5.10 Å². The molecule has 2 atom stereocenters. The van der Waals surface area contributed by atoms with Gasteiger partial charge in [-0.3, -0.25) is 0 Å². The SMILES string of the molecule is c1ccc([C@H]2[C@H](n3nnc4ccccc43)N2c2ccccc2)cc1. The Morgan fingerprint density at radius 1 is 0.708 bits per heavy atom. The van der Waals surface area contributed by atoms with Crippen LogP contribution in [-0.2, 0) is 0 Å². The Labute approximate surface area is 140 Å². The van der Waals surface area contributed by atoms with Crippen molar-refractivity contribution in [1.82, 2.24) is 15.0 Å². The van der Waals surface area contributed by atoms with E-state index in [9.17, 15) is 0 Å². The van der Waals surface area contributed by atoms with Crippen molar-refractivity contribution >= 4 is 16.7 Å². The van der Waals surface area contributed by atoms with Crippen molar-refractivity contribution in [2.75, 3.05) is 4.90 Å². The van der Waals surface area contributed by atoms with Crippen LogP contribution in [0.1, 0.15) is 17.8 Å². The van der Waals surface area contributed by atoms with Crippen LogP contribution in [0.5, 0.6) is 0 Å². The quantitative estimate of drug-likeness (QED) is 0.532. The van der Waals surface area contributed by atoms with Crippen LogP contribution < -0.4 is 4.90 Å². The lowest BCUT2D eigenvalue weighted by Gasteiger charge is -2.06. The lowest BCUT2D eigenvalue weighted by molar-refractivity contribution is 0.615. The predicted molar refractivity (Wildman–Crippen MR) is 94.7 cm³/mol. The van der Waals surface area contributed by atoms with Gasteiger partial charge in [-0.25, -0.2) is 4.68 Å². The Hall–Kier alpha value is -3.14. The fourth-order valence-corrected chi connectivity index (χ4v) is 3.45. The Bertz CT molecular complexity index is 933. The van der Waals surface area contributed by atoms with Gasteiger partial charge in [0, 0.05) is 5.69 Å². The van der Waals surface area contributed by atoms with E-state index >= 15 is 0 Å². The van der Waals surface area contributed by atoms with Crippen molar-refractivity contribution in [3.63, 3.8) is 0 Å². The van der Waals surface area contributed by atoms with Crippen LogP contribution in [-0.4, -0.2) is 15.0 Å². The first-order valence-corrected chi connectivity index (χ1v) is 8.12. The van der Waals surface area contributed by atoms with Gasteiger partial charge in [-0.05, 0) is 29.8 Å². The third-order valence-electron chi connectivity index (χ3n) is 4.60. The fraction of sp³-hybridized carbons (Fsp3) is 0.100. The molecule has 1 aliphatic rings. The molecule has 0 amide bonds. The molecule has 0 saturated carbocycles. The van der Waals surface area contributed by atoms with Crippen LogP contribution in [0.25, 0.3) is 11.0 Å². The molecular formula is C20H16N4. The van der Waals surface area contributed by atoms with Gasteiger partial charge >= 0.3 is 0 Å². The van der Waals surface area contributed by atoms with Gasteiger partial charge < -0.3 is 4.90 Å². The molecule has 1 saturated heterocycles. The first-order valence-electron chi connectivity index (χ1n) is 8.12. The highest BCUT2D eigenvalue weighted by atomic mass is 15.6. The maximum Gasteiger partial charge on any atom is 0.151 e. The third kappa shape index (κ3) is 2.00. The first-order chi connectivity index (χ1) is 11.9. The van der Waals surface area contributed by atoms with Crippen LogP contribution in [0.3, 0.4) is 0 Å².